The summed E-state index contributed by atoms with van der Waals surface area (Å²) in [5.74, 6) is 0.0255. The summed E-state index contributed by atoms with van der Waals surface area (Å²) in [5.41, 5.74) is -0.198. The van der Waals surface area contributed by atoms with E-state index in [1.807, 2.05) is 30.3 Å². The highest BCUT2D eigenvalue weighted by Crippen LogP contribution is 2.15. The molecule has 1 aromatic carbocycles. The Labute approximate surface area is 115 Å². The molecule has 0 bridgehead atoms. The van der Waals surface area contributed by atoms with Crippen LogP contribution in [0.5, 0.6) is 0 Å². The largest absolute Gasteiger partial charge is 0.394 e. The lowest BCUT2D eigenvalue weighted by Crippen LogP contribution is -2.40. The van der Waals surface area contributed by atoms with E-state index in [9.17, 15) is 14.7 Å². The quantitative estimate of drug-likeness (QED) is 0.795. The summed E-state index contributed by atoms with van der Waals surface area (Å²) in [6, 6.07) is 8.74. The lowest BCUT2D eigenvalue weighted by atomic mass is 10.1. The molecule has 2 aromatic rings. The first-order valence-electron chi connectivity index (χ1n) is 6.11. The Morgan fingerprint density at radius 3 is 2.50 bits per heavy atom. The van der Waals surface area contributed by atoms with Crippen molar-refractivity contribution in [1.29, 1.82) is 0 Å². The molecule has 0 saturated heterocycles. The van der Waals surface area contributed by atoms with Gasteiger partial charge in [-0.15, -0.1) is 5.10 Å². The van der Waals surface area contributed by atoms with Gasteiger partial charge in [0.25, 0.3) is 5.56 Å². The van der Waals surface area contributed by atoms with Gasteiger partial charge in [-0.1, -0.05) is 30.3 Å². The minimum Gasteiger partial charge on any atom is -0.394 e. The van der Waals surface area contributed by atoms with Gasteiger partial charge in [-0.05, 0) is 5.56 Å². The van der Waals surface area contributed by atoms with E-state index in [0.29, 0.717) is 0 Å². The second kappa shape index (κ2) is 5.70. The SMILES string of the molecule is Cn1nc(NC(CO)c2ccccc2)c(=O)n(C)c1=O. The van der Waals surface area contributed by atoms with E-state index < -0.39 is 17.3 Å². The summed E-state index contributed by atoms with van der Waals surface area (Å²) in [4.78, 5) is 23.5. The van der Waals surface area contributed by atoms with E-state index in [0.717, 1.165) is 14.8 Å². The van der Waals surface area contributed by atoms with Crippen LogP contribution in [0.25, 0.3) is 0 Å². The zero-order chi connectivity index (χ0) is 14.7. The Kier molecular flexibility index (Phi) is 3.99. The van der Waals surface area contributed by atoms with E-state index in [1.54, 1.807) is 0 Å². The second-order valence-corrected chi connectivity index (χ2v) is 4.41. The van der Waals surface area contributed by atoms with E-state index in [2.05, 4.69) is 10.4 Å². The molecule has 7 nitrogen and oxygen atoms in total. The molecule has 106 valence electrons. The van der Waals surface area contributed by atoms with E-state index >= 15 is 0 Å². The predicted molar refractivity (Wildman–Crippen MR) is 74.6 cm³/mol. The predicted octanol–water partition coefficient (Wildman–Crippen LogP) is -0.376. The molecule has 1 heterocycles. The molecule has 2 rings (SSSR count). The molecule has 0 aliphatic carbocycles. The van der Waals surface area contributed by atoms with Crippen LogP contribution in [0, 0.1) is 0 Å². The topological polar surface area (TPSA) is 89.2 Å². The molecule has 0 spiro atoms. The molecule has 0 fully saturated rings. The molecule has 0 aliphatic rings. The third-order valence-electron chi connectivity index (χ3n) is 3.02. The fraction of sp³-hybridized carbons (Fsp3) is 0.308. The lowest BCUT2D eigenvalue weighted by molar-refractivity contribution is 0.275. The number of aliphatic hydroxyl groups excluding tert-OH is 1. The summed E-state index contributed by atoms with van der Waals surface area (Å²) in [6.45, 7) is -0.197. The van der Waals surface area contributed by atoms with Crippen molar-refractivity contribution >= 4 is 5.82 Å². The van der Waals surface area contributed by atoms with Gasteiger partial charge in [0, 0.05) is 14.1 Å². The summed E-state index contributed by atoms with van der Waals surface area (Å²) in [5, 5.41) is 16.2. The van der Waals surface area contributed by atoms with Crippen LogP contribution in [-0.4, -0.2) is 26.1 Å². The zero-order valence-electron chi connectivity index (χ0n) is 11.3. The number of aromatic nitrogens is 3. The van der Waals surface area contributed by atoms with Crippen molar-refractivity contribution in [2.75, 3.05) is 11.9 Å². The molecule has 7 heteroatoms. The molecule has 0 aliphatic heterocycles. The Morgan fingerprint density at radius 2 is 1.90 bits per heavy atom. The third kappa shape index (κ3) is 2.62. The highest BCUT2D eigenvalue weighted by molar-refractivity contribution is 5.35. The Balaban J connectivity index is 2.39. The van der Waals surface area contributed by atoms with Crippen LogP contribution in [0.15, 0.2) is 39.9 Å². The summed E-state index contributed by atoms with van der Waals surface area (Å²) in [6.07, 6.45) is 0. The maximum atomic E-state index is 12.0. The number of aryl methyl sites for hydroxylation is 1. The van der Waals surface area contributed by atoms with Gasteiger partial charge >= 0.3 is 5.69 Å². The normalized spacial score (nSPS) is 12.2. The summed E-state index contributed by atoms with van der Waals surface area (Å²) >= 11 is 0. The van der Waals surface area contributed by atoms with E-state index in [1.165, 1.54) is 14.1 Å². The van der Waals surface area contributed by atoms with Crippen molar-refractivity contribution in [1.82, 2.24) is 14.3 Å². The highest BCUT2D eigenvalue weighted by atomic mass is 16.3. The van der Waals surface area contributed by atoms with Crippen LogP contribution in [0.3, 0.4) is 0 Å². The average molecular weight is 276 g/mol. The van der Waals surface area contributed by atoms with Gasteiger partial charge in [-0.25, -0.2) is 9.48 Å². The van der Waals surface area contributed by atoms with Crippen molar-refractivity contribution in [2.24, 2.45) is 14.1 Å². The fourth-order valence-corrected chi connectivity index (χ4v) is 1.87. The maximum absolute atomic E-state index is 12.0. The van der Waals surface area contributed by atoms with Crippen LogP contribution in [0.4, 0.5) is 5.82 Å². The van der Waals surface area contributed by atoms with E-state index in [4.69, 9.17) is 0 Å². The minimum absolute atomic E-state index is 0.0255. The molecule has 1 aromatic heterocycles. The minimum atomic E-state index is -0.525. The van der Waals surface area contributed by atoms with Crippen molar-refractivity contribution in [2.45, 2.75) is 6.04 Å². The monoisotopic (exact) mass is 276 g/mol. The third-order valence-corrected chi connectivity index (χ3v) is 3.02. The average Bonchev–Trinajstić information content (AvgIpc) is 2.48. The summed E-state index contributed by atoms with van der Waals surface area (Å²) in [7, 11) is 2.84. The lowest BCUT2D eigenvalue weighted by Gasteiger charge is -2.17. The maximum Gasteiger partial charge on any atom is 0.346 e. The Bertz CT molecular complexity index is 706. The number of nitrogens with zero attached hydrogens (tertiary/aromatic N) is 3. The van der Waals surface area contributed by atoms with Gasteiger partial charge < -0.3 is 10.4 Å². The zero-order valence-corrected chi connectivity index (χ0v) is 11.3. The number of rotatable bonds is 4. The number of hydrogen-bond acceptors (Lipinski definition) is 5. The first-order valence-corrected chi connectivity index (χ1v) is 6.11. The van der Waals surface area contributed by atoms with Gasteiger partial charge in [0.2, 0.25) is 5.82 Å². The van der Waals surface area contributed by atoms with Gasteiger partial charge in [-0.3, -0.25) is 9.36 Å². The van der Waals surface area contributed by atoms with E-state index in [-0.39, 0.29) is 12.4 Å². The van der Waals surface area contributed by atoms with Gasteiger partial charge in [-0.2, -0.15) is 0 Å². The second-order valence-electron chi connectivity index (χ2n) is 4.41. The van der Waals surface area contributed by atoms with Crippen molar-refractivity contribution < 1.29 is 5.11 Å². The number of aliphatic hydroxyl groups is 1. The molecular formula is C13H16N4O3. The molecule has 2 N–H and O–H groups in total. The van der Waals surface area contributed by atoms with Crippen LogP contribution in [0.2, 0.25) is 0 Å². The van der Waals surface area contributed by atoms with Crippen molar-refractivity contribution in [3.05, 3.63) is 56.7 Å². The molecule has 1 unspecified atom stereocenters. The smallest absolute Gasteiger partial charge is 0.346 e. The number of anilines is 1. The van der Waals surface area contributed by atoms with Gasteiger partial charge in [0.05, 0.1) is 12.6 Å². The van der Waals surface area contributed by atoms with Crippen molar-refractivity contribution in [3.8, 4) is 0 Å². The standard InChI is InChI=1S/C13H16N4O3/c1-16-12(19)11(15-17(2)13(16)20)14-10(8-18)9-6-4-3-5-7-9/h3-7,10,18H,8H2,1-2H3,(H,14,15). The Morgan fingerprint density at radius 1 is 1.25 bits per heavy atom. The van der Waals surface area contributed by atoms with Crippen LogP contribution >= 0.6 is 0 Å². The first kappa shape index (κ1) is 14.0. The first-order chi connectivity index (χ1) is 9.54. The van der Waals surface area contributed by atoms with Crippen molar-refractivity contribution in [3.63, 3.8) is 0 Å². The molecule has 0 radical (unpaired) electrons. The Hall–Kier alpha value is -2.41. The molecule has 0 amide bonds. The van der Waals surface area contributed by atoms with Crippen LogP contribution in [0.1, 0.15) is 11.6 Å². The molecule has 0 saturated carbocycles. The molecular weight excluding hydrogens is 260 g/mol. The highest BCUT2D eigenvalue weighted by Gasteiger charge is 2.15. The van der Waals surface area contributed by atoms with Crippen LogP contribution < -0.4 is 16.6 Å². The molecule has 20 heavy (non-hydrogen) atoms. The number of benzene rings is 1. The fourth-order valence-electron chi connectivity index (χ4n) is 1.87. The van der Waals surface area contributed by atoms with Crippen LogP contribution in [-0.2, 0) is 14.1 Å². The van der Waals surface area contributed by atoms with Gasteiger partial charge in [0.1, 0.15) is 0 Å². The molecule has 1 atom stereocenters. The summed E-state index contributed by atoms with van der Waals surface area (Å²) < 4.78 is 2.04. The number of nitrogens with one attached hydrogen (secondary N) is 1. The van der Waals surface area contributed by atoms with Gasteiger partial charge in [0.15, 0.2) is 0 Å². The number of hydrogen-bond donors (Lipinski definition) is 2.